The molecule has 17 atom stereocenters. The second-order valence-corrected chi connectivity index (χ2v) is 27.5. The molecule has 19 nitrogen and oxygen atoms in total. The topological polar surface area (TPSA) is 307 Å². The minimum absolute atomic E-state index is 0.240. The Morgan fingerprint density at radius 2 is 0.688 bits per heavy atom. The van der Waals surface area contributed by atoms with Crippen LogP contribution in [-0.2, 0) is 33.2 Å². The molecule has 3 fully saturated rings. The summed E-state index contributed by atoms with van der Waals surface area (Å²) in [5.41, 5.74) is 0. The standard InChI is InChI=1S/C74H139NO18/c1-3-5-7-9-11-13-15-17-19-21-22-23-24-25-26-27-28-29-30-31-32-33-34-35-36-37-39-41-43-45-47-49-51-58(79)57(75-62(80)52-50-48-46-44-42-40-38-20-18-16-14-12-10-8-6-4-2)56-88-72-68(86)65(83)70(60(54-77)90-72)93-74-69(87)66(84)71(61(55-78)91-74)92-73-67(85)64(82)63(81)59(53-76)89-73/h41,43,49,51,57-61,63-74,76-79,81-87H,3-40,42,44-48,50,52-56H2,1-2H3,(H,75,80)/b43-41+,51-49+. The molecule has 0 bridgehead atoms. The number of nitrogens with one attached hydrogen (secondary N) is 1. The highest BCUT2D eigenvalue weighted by Gasteiger charge is 2.53. The number of amides is 1. The monoisotopic (exact) mass is 1330 g/mol. The number of carbonyl (C=O) groups excluding carboxylic acids is 1. The SMILES string of the molecule is CCCCCCCCCCCCCCCCCCCCCCCCCCCC/C=C/CC/C=C/C(O)C(COC1OC(CO)C(OC2OC(CO)C(OC3OC(CO)C(O)C(O)C3O)C(O)C2O)C(O)C1O)NC(=O)CCCCCCCCCCCCCCCCCC. The van der Waals surface area contributed by atoms with Gasteiger partial charge in [-0.2, -0.15) is 0 Å². The van der Waals surface area contributed by atoms with Gasteiger partial charge in [-0.1, -0.05) is 295 Å². The highest BCUT2D eigenvalue weighted by molar-refractivity contribution is 5.76. The highest BCUT2D eigenvalue weighted by Crippen LogP contribution is 2.33. The van der Waals surface area contributed by atoms with Crippen molar-refractivity contribution in [3.63, 3.8) is 0 Å². The van der Waals surface area contributed by atoms with Gasteiger partial charge in [-0.25, -0.2) is 0 Å². The van der Waals surface area contributed by atoms with E-state index in [2.05, 4.69) is 31.3 Å². The van der Waals surface area contributed by atoms with Gasteiger partial charge in [0, 0.05) is 6.42 Å². The average molecular weight is 1330 g/mol. The predicted octanol–water partition coefficient (Wildman–Crippen LogP) is 11.4. The lowest BCUT2D eigenvalue weighted by Gasteiger charge is -2.48. The number of ether oxygens (including phenoxy) is 6. The summed E-state index contributed by atoms with van der Waals surface area (Å²) < 4.78 is 34.4. The smallest absolute Gasteiger partial charge is 0.220 e. The first kappa shape index (κ1) is 85.5. The van der Waals surface area contributed by atoms with E-state index in [0.29, 0.717) is 12.8 Å². The number of allylic oxidation sites excluding steroid dienone is 3. The third-order valence-electron chi connectivity index (χ3n) is 19.3. The van der Waals surface area contributed by atoms with Crippen LogP contribution < -0.4 is 5.32 Å². The second-order valence-electron chi connectivity index (χ2n) is 27.5. The largest absolute Gasteiger partial charge is 0.394 e. The molecule has 12 N–H and O–H groups in total. The third kappa shape index (κ3) is 37.3. The van der Waals surface area contributed by atoms with Crippen LogP contribution in [0.5, 0.6) is 0 Å². The van der Waals surface area contributed by atoms with Crippen molar-refractivity contribution in [3.05, 3.63) is 24.3 Å². The van der Waals surface area contributed by atoms with Crippen molar-refractivity contribution in [3.8, 4) is 0 Å². The van der Waals surface area contributed by atoms with Crippen LogP contribution in [0.2, 0.25) is 0 Å². The van der Waals surface area contributed by atoms with E-state index >= 15 is 0 Å². The Morgan fingerprint density at radius 3 is 1.08 bits per heavy atom. The lowest BCUT2D eigenvalue weighted by atomic mass is 9.96. The predicted molar refractivity (Wildman–Crippen MR) is 365 cm³/mol. The van der Waals surface area contributed by atoms with Gasteiger partial charge in [0.2, 0.25) is 5.91 Å². The van der Waals surface area contributed by atoms with E-state index in [1.807, 2.05) is 6.08 Å². The number of hydrogen-bond donors (Lipinski definition) is 12. The van der Waals surface area contributed by atoms with Gasteiger partial charge in [-0.3, -0.25) is 4.79 Å². The summed E-state index contributed by atoms with van der Waals surface area (Å²) in [5, 5.41) is 121. The molecule has 1 amide bonds. The van der Waals surface area contributed by atoms with Crippen LogP contribution in [0.4, 0.5) is 0 Å². The van der Waals surface area contributed by atoms with Crippen molar-refractivity contribution in [2.45, 2.75) is 413 Å². The molecule has 3 rings (SSSR count). The maximum Gasteiger partial charge on any atom is 0.220 e. The number of carbonyl (C=O) groups is 1. The van der Waals surface area contributed by atoms with Crippen molar-refractivity contribution >= 4 is 5.91 Å². The van der Waals surface area contributed by atoms with E-state index in [1.165, 1.54) is 238 Å². The van der Waals surface area contributed by atoms with Crippen molar-refractivity contribution in [2.24, 2.45) is 0 Å². The number of hydrogen-bond acceptors (Lipinski definition) is 18. The fraction of sp³-hybridized carbons (Fsp3) is 0.932. The van der Waals surface area contributed by atoms with Gasteiger partial charge in [0.15, 0.2) is 18.9 Å². The van der Waals surface area contributed by atoms with Gasteiger partial charge in [0.25, 0.3) is 0 Å². The Balaban J connectivity index is 1.38. The molecule has 93 heavy (non-hydrogen) atoms. The molecule has 548 valence electrons. The lowest BCUT2D eigenvalue weighted by molar-refractivity contribution is -0.379. The second kappa shape index (κ2) is 56.1. The number of rotatable bonds is 60. The van der Waals surface area contributed by atoms with E-state index in [4.69, 9.17) is 28.4 Å². The molecule has 3 aliphatic rings. The number of unbranched alkanes of at least 4 members (excludes halogenated alkanes) is 42. The molecule has 3 saturated heterocycles. The molecule has 0 saturated carbocycles. The van der Waals surface area contributed by atoms with E-state index in [0.717, 1.165) is 38.5 Å². The molecule has 17 unspecified atom stereocenters. The van der Waals surface area contributed by atoms with Gasteiger partial charge < -0.3 is 89.9 Å². The van der Waals surface area contributed by atoms with Crippen molar-refractivity contribution < 1.29 is 89.4 Å². The Hall–Kier alpha value is -1.73. The van der Waals surface area contributed by atoms with Crippen LogP contribution >= 0.6 is 0 Å². The van der Waals surface area contributed by atoms with E-state index < -0.39 is 124 Å². The summed E-state index contributed by atoms with van der Waals surface area (Å²) in [5.74, 6) is -0.280. The Bertz CT molecular complexity index is 1780. The van der Waals surface area contributed by atoms with Gasteiger partial charge >= 0.3 is 0 Å². The zero-order valence-electron chi connectivity index (χ0n) is 58.3. The summed E-state index contributed by atoms with van der Waals surface area (Å²) in [6.45, 7) is 1.76. The molecule has 0 aromatic rings. The van der Waals surface area contributed by atoms with Gasteiger partial charge in [-0.15, -0.1) is 0 Å². The quantitative estimate of drug-likeness (QED) is 0.0199. The Morgan fingerprint density at radius 1 is 0.376 bits per heavy atom. The fourth-order valence-corrected chi connectivity index (χ4v) is 13.1. The van der Waals surface area contributed by atoms with Crippen LogP contribution in [0.15, 0.2) is 24.3 Å². The molecule has 0 spiro atoms. The summed E-state index contributed by atoms with van der Waals surface area (Å²) in [4.78, 5) is 13.4. The van der Waals surface area contributed by atoms with Crippen LogP contribution in [0, 0.1) is 0 Å². The molecule has 0 aromatic carbocycles. The summed E-state index contributed by atoms with van der Waals surface area (Å²) in [6, 6.07) is -0.987. The maximum absolute atomic E-state index is 13.4. The minimum Gasteiger partial charge on any atom is -0.394 e. The zero-order chi connectivity index (χ0) is 67.5. The van der Waals surface area contributed by atoms with E-state index in [9.17, 15) is 61.0 Å². The highest BCUT2D eigenvalue weighted by atomic mass is 16.8. The van der Waals surface area contributed by atoms with E-state index in [-0.39, 0.29) is 18.9 Å². The van der Waals surface area contributed by atoms with Crippen LogP contribution in [0.25, 0.3) is 0 Å². The number of aliphatic hydroxyl groups is 11. The maximum atomic E-state index is 13.4. The molecule has 19 heteroatoms. The number of aliphatic hydroxyl groups excluding tert-OH is 11. The van der Waals surface area contributed by atoms with E-state index in [1.54, 1.807) is 6.08 Å². The molecule has 0 aliphatic carbocycles. The normalized spacial score (nSPS) is 27.6. The average Bonchev–Trinajstić information content (AvgIpc) is 0.885. The molecule has 3 aliphatic heterocycles. The molecule has 3 heterocycles. The van der Waals surface area contributed by atoms with Crippen LogP contribution in [0.1, 0.15) is 309 Å². The summed E-state index contributed by atoms with van der Waals surface area (Å²) >= 11 is 0. The van der Waals surface area contributed by atoms with Gasteiger partial charge in [-0.05, 0) is 32.1 Å². The molecule has 0 aromatic heterocycles. The fourth-order valence-electron chi connectivity index (χ4n) is 13.1. The first-order chi connectivity index (χ1) is 45.3. The summed E-state index contributed by atoms with van der Waals surface area (Å²) in [7, 11) is 0. The molecule has 0 radical (unpaired) electrons. The zero-order valence-corrected chi connectivity index (χ0v) is 58.3. The van der Waals surface area contributed by atoms with Crippen molar-refractivity contribution in [1.82, 2.24) is 5.32 Å². The Kier molecular flexibility index (Phi) is 51.5. The third-order valence-corrected chi connectivity index (χ3v) is 19.3. The van der Waals surface area contributed by atoms with Gasteiger partial charge in [0.05, 0.1) is 38.6 Å². The van der Waals surface area contributed by atoms with Crippen LogP contribution in [0.3, 0.4) is 0 Å². The lowest BCUT2D eigenvalue weighted by Crippen LogP contribution is -2.66. The molecular formula is C74H139NO18. The summed E-state index contributed by atoms with van der Waals surface area (Å²) in [6.07, 6.45) is 39.0. The van der Waals surface area contributed by atoms with Crippen LogP contribution in [-0.4, -0.2) is 193 Å². The Labute approximate surface area is 562 Å². The van der Waals surface area contributed by atoms with Crippen molar-refractivity contribution in [2.75, 3.05) is 26.4 Å². The van der Waals surface area contributed by atoms with Gasteiger partial charge in [0.1, 0.15) is 73.2 Å². The first-order valence-electron chi connectivity index (χ1n) is 38.1. The minimum atomic E-state index is -1.98. The van der Waals surface area contributed by atoms with Crippen molar-refractivity contribution in [1.29, 1.82) is 0 Å². The first-order valence-corrected chi connectivity index (χ1v) is 38.1. The molecular weight excluding hydrogens is 1190 g/mol.